The van der Waals surface area contributed by atoms with Crippen molar-refractivity contribution in [3.63, 3.8) is 0 Å². The van der Waals surface area contributed by atoms with Gasteiger partial charge in [0.2, 0.25) is 5.82 Å². The zero-order chi connectivity index (χ0) is 16.4. The highest BCUT2D eigenvalue weighted by Gasteiger charge is 2.20. The fraction of sp³-hybridized carbons (Fsp3) is 0.389. The van der Waals surface area contributed by atoms with Crippen molar-refractivity contribution in [2.75, 3.05) is 0 Å². The minimum atomic E-state index is 0.450. The lowest BCUT2D eigenvalue weighted by molar-refractivity contribution is 0.431. The quantitative estimate of drug-likeness (QED) is 0.764. The van der Waals surface area contributed by atoms with E-state index in [1.165, 1.54) is 37.8 Å². The third kappa shape index (κ3) is 2.97. The number of aromatic nitrogens is 4. The highest BCUT2D eigenvalue weighted by Crippen LogP contribution is 2.33. The monoisotopic (exact) mass is 323 g/mol. The highest BCUT2D eigenvalue weighted by molar-refractivity contribution is 5.58. The van der Waals surface area contributed by atoms with Gasteiger partial charge in [0.05, 0.1) is 0 Å². The predicted octanol–water partition coefficient (Wildman–Crippen LogP) is 3.63. The van der Waals surface area contributed by atoms with Crippen LogP contribution >= 0.6 is 0 Å². The Kier molecular flexibility index (Phi) is 4.13. The normalized spacial score (nSPS) is 15.7. The molecule has 2 aromatic heterocycles. The van der Waals surface area contributed by atoms with E-state index in [4.69, 9.17) is 10.3 Å². The summed E-state index contributed by atoms with van der Waals surface area (Å²) in [5.41, 5.74) is 9.50. The number of aromatic amines is 1. The first kappa shape index (κ1) is 15.1. The third-order valence-electron chi connectivity index (χ3n) is 4.74. The summed E-state index contributed by atoms with van der Waals surface area (Å²) >= 11 is 0. The number of benzene rings is 1. The van der Waals surface area contributed by atoms with E-state index in [2.05, 4.69) is 20.3 Å². The minimum Gasteiger partial charge on any atom is -0.332 e. The molecule has 0 saturated heterocycles. The van der Waals surface area contributed by atoms with E-state index in [0.717, 1.165) is 11.1 Å². The fourth-order valence-corrected chi connectivity index (χ4v) is 3.30. The minimum absolute atomic E-state index is 0.450. The van der Waals surface area contributed by atoms with Crippen molar-refractivity contribution in [3.05, 3.63) is 41.6 Å². The first-order valence-corrected chi connectivity index (χ1v) is 8.52. The Bertz CT molecular complexity index is 799. The third-order valence-corrected chi connectivity index (χ3v) is 4.74. The summed E-state index contributed by atoms with van der Waals surface area (Å²) < 4.78 is 5.39. The lowest BCUT2D eigenvalue weighted by Gasteiger charge is -2.19. The van der Waals surface area contributed by atoms with Gasteiger partial charge in [-0.3, -0.25) is 5.10 Å². The van der Waals surface area contributed by atoms with Gasteiger partial charge in [0.15, 0.2) is 5.69 Å². The molecule has 0 amide bonds. The molecule has 0 bridgehead atoms. The highest BCUT2D eigenvalue weighted by atomic mass is 16.5. The van der Waals surface area contributed by atoms with Gasteiger partial charge in [-0.25, -0.2) is 0 Å². The first-order chi connectivity index (χ1) is 11.8. The summed E-state index contributed by atoms with van der Waals surface area (Å²) in [6.07, 6.45) is 6.38. The number of hydrogen-bond donors (Lipinski definition) is 2. The summed E-state index contributed by atoms with van der Waals surface area (Å²) in [6.45, 7) is 0.523. The van der Waals surface area contributed by atoms with E-state index in [-0.39, 0.29) is 0 Å². The largest absolute Gasteiger partial charge is 0.332 e. The molecule has 0 aliphatic heterocycles. The van der Waals surface area contributed by atoms with Crippen molar-refractivity contribution in [1.29, 1.82) is 0 Å². The Hall–Kier alpha value is -2.47. The standard InChI is InChI=1S/C18H21N5O/c19-11-12-6-8-14(9-7-12)17-20-18(24-23-17)16-10-15(21-22-16)13-4-2-1-3-5-13/h6-10,13H,1-5,11,19H2,(H,21,22). The average Bonchev–Trinajstić information content (AvgIpc) is 3.32. The van der Waals surface area contributed by atoms with Crippen LogP contribution in [0.5, 0.6) is 0 Å². The summed E-state index contributed by atoms with van der Waals surface area (Å²) in [5, 5.41) is 11.6. The van der Waals surface area contributed by atoms with Gasteiger partial charge in [0.25, 0.3) is 5.89 Å². The van der Waals surface area contributed by atoms with Crippen LogP contribution in [-0.4, -0.2) is 20.3 Å². The van der Waals surface area contributed by atoms with Crippen molar-refractivity contribution >= 4 is 0 Å². The molecule has 3 aromatic rings. The molecule has 0 atom stereocenters. The second-order valence-electron chi connectivity index (χ2n) is 6.37. The molecule has 0 spiro atoms. The van der Waals surface area contributed by atoms with E-state index in [1.807, 2.05) is 30.3 Å². The van der Waals surface area contributed by atoms with Gasteiger partial charge in [-0.05, 0) is 24.5 Å². The van der Waals surface area contributed by atoms with Gasteiger partial charge in [0, 0.05) is 23.7 Å². The lowest BCUT2D eigenvalue weighted by Crippen LogP contribution is -2.04. The van der Waals surface area contributed by atoms with Gasteiger partial charge >= 0.3 is 0 Å². The predicted molar refractivity (Wildman–Crippen MR) is 91.0 cm³/mol. The zero-order valence-electron chi connectivity index (χ0n) is 13.5. The molecular formula is C18H21N5O. The van der Waals surface area contributed by atoms with Gasteiger partial charge in [-0.2, -0.15) is 10.1 Å². The van der Waals surface area contributed by atoms with Gasteiger partial charge in [0.1, 0.15) is 0 Å². The molecule has 0 radical (unpaired) electrons. The SMILES string of the molecule is NCc1ccc(-c2noc(-c3cc(C4CCCCC4)[nH]n3)n2)cc1. The molecule has 6 nitrogen and oxygen atoms in total. The maximum atomic E-state index is 5.62. The number of nitrogens with one attached hydrogen (secondary N) is 1. The van der Waals surface area contributed by atoms with E-state index in [9.17, 15) is 0 Å². The van der Waals surface area contributed by atoms with Crippen molar-refractivity contribution in [2.45, 2.75) is 44.6 Å². The van der Waals surface area contributed by atoms with Crippen LogP contribution in [0.1, 0.15) is 49.3 Å². The van der Waals surface area contributed by atoms with Crippen LogP contribution in [0, 0.1) is 0 Å². The Balaban J connectivity index is 1.54. The van der Waals surface area contributed by atoms with E-state index in [0.29, 0.717) is 29.9 Å². The van der Waals surface area contributed by atoms with Gasteiger partial charge < -0.3 is 10.3 Å². The summed E-state index contributed by atoms with van der Waals surface area (Å²) in [7, 11) is 0. The van der Waals surface area contributed by atoms with E-state index in [1.54, 1.807) is 0 Å². The maximum absolute atomic E-state index is 5.62. The Morgan fingerprint density at radius 1 is 1.12 bits per heavy atom. The maximum Gasteiger partial charge on any atom is 0.278 e. The summed E-state index contributed by atoms with van der Waals surface area (Å²) in [5.74, 6) is 1.59. The molecule has 0 unspecified atom stereocenters. The summed E-state index contributed by atoms with van der Waals surface area (Å²) in [4.78, 5) is 4.47. The Morgan fingerprint density at radius 3 is 2.67 bits per heavy atom. The van der Waals surface area contributed by atoms with Crippen LogP contribution < -0.4 is 5.73 Å². The van der Waals surface area contributed by atoms with Crippen LogP contribution in [0.25, 0.3) is 23.0 Å². The van der Waals surface area contributed by atoms with Crippen LogP contribution in [0.2, 0.25) is 0 Å². The molecule has 1 aliphatic carbocycles. The number of hydrogen-bond acceptors (Lipinski definition) is 5. The first-order valence-electron chi connectivity index (χ1n) is 8.52. The second kappa shape index (κ2) is 6.57. The van der Waals surface area contributed by atoms with E-state index >= 15 is 0 Å². The van der Waals surface area contributed by atoms with Crippen molar-refractivity contribution in [2.24, 2.45) is 5.73 Å². The van der Waals surface area contributed by atoms with Crippen LogP contribution in [0.4, 0.5) is 0 Å². The average molecular weight is 323 g/mol. The molecular weight excluding hydrogens is 302 g/mol. The van der Waals surface area contributed by atoms with Gasteiger partial charge in [-0.15, -0.1) is 0 Å². The molecule has 3 N–H and O–H groups in total. The number of nitrogens with two attached hydrogens (primary N) is 1. The molecule has 1 saturated carbocycles. The molecule has 6 heteroatoms. The van der Waals surface area contributed by atoms with Crippen molar-refractivity contribution in [3.8, 4) is 23.0 Å². The number of H-pyrrole nitrogens is 1. The molecule has 124 valence electrons. The number of nitrogens with zero attached hydrogens (tertiary/aromatic N) is 3. The van der Waals surface area contributed by atoms with Crippen molar-refractivity contribution < 1.29 is 4.52 Å². The Morgan fingerprint density at radius 2 is 1.92 bits per heavy atom. The molecule has 24 heavy (non-hydrogen) atoms. The molecule has 1 aliphatic rings. The topological polar surface area (TPSA) is 93.6 Å². The van der Waals surface area contributed by atoms with Crippen molar-refractivity contribution in [1.82, 2.24) is 20.3 Å². The molecule has 1 fully saturated rings. The van der Waals surface area contributed by atoms with Crippen LogP contribution in [0.15, 0.2) is 34.9 Å². The lowest BCUT2D eigenvalue weighted by atomic mass is 9.87. The number of rotatable bonds is 4. The summed E-state index contributed by atoms with van der Waals surface area (Å²) in [6, 6.07) is 9.90. The fourth-order valence-electron chi connectivity index (χ4n) is 3.30. The molecule has 1 aromatic carbocycles. The Labute approximate surface area is 140 Å². The molecule has 2 heterocycles. The van der Waals surface area contributed by atoms with Crippen LogP contribution in [-0.2, 0) is 6.54 Å². The van der Waals surface area contributed by atoms with E-state index < -0.39 is 0 Å². The smallest absolute Gasteiger partial charge is 0.278 e. The zero-order valence-corrected chi connectivity index (χ0v) is 13.5. The van der Waals surface area contributed by atoms with Gasteiger partial charge in [-0.1, -0.05) is 48.7 Å². The molecule has 4 rings (SSSR count). The van der Waals surface area contributed by atoms with Crippen LogP contribution in [0.3, 0.4) is 0 Å². The second-order valence-corrected chi connectivity index (χ2v) is 6.37.